The van der Waals surface area contributed by atoms with E-state index in [4.69, 9.17) is 10.5 Å². The van der Waals surface area contributed by atoms with Crippen molar-refractivity contribution in [3.8, 4) is 0 Å². The van der Waals surface area contributed by atoms with E-state index >= 15 is 0 Å². The minimum Gasteiger partial charge on any atom is -0.465 e. The van der Waals surface area contributed by atoms with Gasteiger partial charge in [0.25, 0.3) is 0 Å². The van der Waals surface area contributed by atoms with Gasteiger partial charge in [0.1, 0.15) is 5.82 Å². The molecule has 0 saturated carbocycles. The number of likely N-dealkylation sites (N-methyl/N-ethyl adjacent to an activating group) is 1. The molecule has 5 nitrogen and oxygen atoms in total. The van der Waals surface area contributed by atoms with Crippen LogP contribution < -0.4 is 10.6 Å². The summed E-state index contributed by atoms with van der Waals surface area (Å²) in [5.41, 5.74) is 6.23. The predicted octanol–water partition coefficient (Wildman–Crippen LogP) is 1.81. The number of hydrogen-bond donors (Lipinski definition) is 1. The topological polar surface area (TPSA) is 64.8 Å². The number of carbonyl (C=O) groups is 1. The summed E-state index contributed by atoms with van der Waals surface area (Å²) in [6, 6.07) is 2.65. The maximum absolute atomic E-state index is 14.1. The van der Waals surface area contributed by atoms with Crippen molar-refractivity contribution in [3.05, 3.63) is 23.5 Å². The van der Waals surface area contributed by atoms with Gasteiger partial charge in [-0.15, -0.1) is 0 Å². The first-order valence-corrected chi connectivity index (χ1v) is 6.47. The van der Waals surface area contributed by atoms with Crippen molar-refractivity contribution in [2.24, 2.45) is 0 Å². The molecule has 1 aliphatic rings. The standard InChI is InChI=1S/C14H19FN2O3/c1-8-12(4-5-20-8)17(2)13-6-9(14(18)19-3)11(16)7-10(13)15/h6-8,12H,4-5,16H2,1-3H3. The van der Waals surface area contributed by atoms with Crippen molar-refractivity contribution in [1.82, 2.24) is 0 Å². The lowest BCUT2D eigenvalue weighted by molar-refractivity contribution is 0.0602. The first kappa shape index (κ1) is 14.6. The quantitative estimate of drug-likeness (QED) is 0.676. The molecule has 0 radical (unpaired) electrons. The van der Waals surface area contributed by atoms with Crippen LogP contribution >= 0.6 is 0 Å². The second-order valence-corrected chi connectivity index (χ2v) is 4.93. The highest BCUT2D eigenvalue weighted by Crippen LogP contribution is 2.30. The fourth-order valence-corrected chi connectivity index (χ4v) is 2.54. The molecule has 0 bridgehead atoms. The van der Waals surface area contributed by atoms with E-state index in [0.717, 1.165) is 12.5 Å². The number of halogens is 1. The highest BCUT2D eigenvalue weighted by molar-refractivity contribution is 5.96. The number of nitrogen functional groups attached to an aromatic ring is 1. The molecule has 2 N–H and O–H groups in total. The van der Waals surface area contributed by atoms with Crippen LogP contribution in [0.2, 0.25) is 0 Å². The van der Waals surface area contributed by atoms with Crippen molar-refractivity contribution in [3.63, 3.8) is 0 Å². The summed E-state index contributed by atoms with van der Waals surface area (Å²) >= 11 is 0. The zero-order valence-electron chi connectivity index (χ0n) is 11.9. The average Bonchev–Trinajstić information content (AvgIpc) is 2.83. The first-order chi connectivity index (χ1) is 9.45. The Morgan fingerprint density at radius 2 is 2.25 bits per heavy atom. The SMILES string of the molecule is COC(=O)c1cc(N(C)C2CCOC2C)c(F)cc1N. The summed E-state index contributed by atoms with van der Waals surface area (Å²) in [5, 5.41) is 0. The van der Waals surface area contributed by atoms with Gasteiger partial charge in [-0.2, -0.15) is 0 Å². The van der Waals surface area contributed by atoms with Crippen LogP contribution in [0, 0.1) is 5.82 Å². The van der Waals surface area contributed by atoms with Gasteiger partial charge in [-0.05, 0) is 25.5 Å². The molecule has 1 aromatic carbocycles. The van der Waals surface area contributed by atoms with Gasteiger partial charge in [0.2, 0.25) is 0 Å². The molecule has 2 atom stereocenters. The average molecular weight is 282 g/mol. The van der Waals surface area contributed by atoms with Crippen LogP contribution in [0.4, 0.5) is 15.8 Å². The van der Waals surface area contributed by atoms with E-state index in [1.165, 1.54) is 13.2 Å². The predicted molar refractivity (Wildman–Crippen MR) is 74.4 cm³/mol. The number of benzene rings is 1. The third kappa shape index (κ3) is 2.56. The molecule has 1 aliphatic heterocycles. The van der Waals surface area contributed by atoms with Gasteiger partial charge in [0.05, 0.1) is 30.5 Å². The molecule has 0 amide bonds. The second-order valence-electron chi connectivity index (χ2n) is 4.93. The summed E-state index contributed by atoms with van der Waals surface area (Å²) in [6.07, 6.45) is 0.827. The Morgan fingerprint density at radius 3 is 2.80 bits per heavy atom. The molecule has 20 heavy (non-hydrogen) atoms. The van der Waals surface area contributed by atoms with Crippen molar-refractivity contribution >= 4 is 17.3 Å². The maximum Gasteiger partial charge on any atom is 0.340 e. The molecule has 110 valence electrons. The molecule has 0 spiro atoms. The molecule has 1 heterocycles. The zero-order chi connectivity index (χ0) is 14.9. The molecule has 1 aromatic rings. The van der Waals surface area contributed by atoms with Gasteiger partial charge < -0.3 is 20.1 Å². The van der Waals surface area contributed by atoms with Gasteiger partial charge >= 0.3 is 5.97 Å². The van der Waals surface area contributed by atoms with E-state index in [2.05, 4.69) is 4.74 Å². The van der Waals surface area contributed by atoms with E-state index in [9.17, 15) is 9.18 Å². The van der Waals surface area contributed by atoms with E-state index < -0.39 is 11.8 Å². The highest BCUT2D eigenvalue weighted by Gasteiger charge is 2.30. The van der Waals surface area contributed by atoms with Crippen molar-refractivity contribution < 1.29 is 18.7 Å². The summed E-state index contributed by atoms with van der Waals surface area (Å²) < 4.78 is 24.3. The smallest absolute Gasteiger partial charge is 0.340 e. The molecular weight excluding hydrogens is 263 g/mol. The van der Waals surface area contributed by atoms with E-state index in [0.29, 0.717) is 12.3 Å². The van der Waals surface area contributed by atoms with Gasteiger partial charge in [-0.3, -0.25) is 0 Å². The van der Waals surface area contributed by atoms with Gasteiger partial charge in [0, 0.05) is 19.3 Å². The lowest BCUT2D eigenvalue weighted by Crippen LogP contribution is -2.37. The normalized spacial score (nSPS) is 21.8. The maximum atomic E-state index is 14.1. The largest absolute Gasteiger partial charge is 0.465 e. The fraction of sp³-hybridized carbons (Fsp3) is 0.500. The Labute approximate surface area is 117 Å². The highest BCUT2D eigenvalue weighted by atomic mass is 19.1. The lowest BCUT2D eigenvalue weighted by atomic mass is 10.1. The van der Waals surface area contributed by atoms with Crippen LogP contribution in [0.15, 0.2) is 12.1 Å². The summed E-state index contributed by atoms with van der Waals surface area (Å²) in [4.78, 5) is 13.4. The van der Waals surface area contributed by atoms with Crippen molar-refractivity contribution in [2.75, 3.05) is 31.4 Å². The van der Waals surface area contributed by atoms with E-state index in [1.54, 1.807) is 11.9 Å². The van der Waals surface area contributed by atoms with Gasteiger partial charge in [-0.1, -0.05) is 0 Å². The molecule has 2 rings (SSSR count). The molecule has 1 saturated heterocycles. The number of rotatable bonds is 3. The Morgan fingerprint density at radius 1 is 1.55 bits per heavy atom. The van der Waals surface area contributed by atoms with Crippen LogP contribution in [-0.2, 0) is 9.47 Å². The van der Waals surface area contributed by atoms with E-state index in [-0.39, 0.29) is 23.4 Å². The summed E-state index contributed by atoms with van der Waals surface area (Å²) in [7, 11) is 3.05. The Kier molecular flexibility index (Phi) is 4.13. The third-order valence-electron chi connectivity index (χ3n) is 3.74. The monoisotopic (exact) mass is 282 g/mol. The third-order valence-corrected chi connectivity index (χ3v) is 3.74. The Balaban J connectivity index is 2.38. The molecule has 1 fully saturated rings. The lowest BCUT2D eigenvalue weighted by Gasteiger charge is -2.29. The Bertz CT molecular complexity index is 521. The van der Waals surface area contributed by atoms with Crippen LogP contribution in [-0.4, -0.2) is 38.9 Å². The second kappa shape index (κ2) is 5.66. The van der Waals surface area contributed by atoms with Crippen molar-refractivity contribution in [2.45, 2.75) is 25.5 Å². The number of nitrogens with two attached hydrogens (primary N) is 1. The number of ether oxygens (including phenoxy) is 2. The zero-order valence-corrected chi connectivity index (χ0v) is 11.9. The number of anilines is 2. The fourth-order valence-electron chi connectivity index (χ4n) is 2.54. The van der Waals surface area contributed by atoms with E-state index in [1.807, 2.05) is 6.92 Å². The van der Waals surface area contributed by atoms with Crippen LogP contribution in [0.1, 0.15) is 23.7 Å². The van der Waals surface area contributed by atoms with Crippen LogP contribution in [0.25, 0.3) is 0 Å². The molecule has 6 heteroatoms. The Hall–Kier alpha value is -1.82. The number of methoxy groups -OCH3 is 1. The summed E-state index contributed by atoms with van der Waals surface area (Å²) in [6.45, 7) is 2.60. The van der Waals surface area contributed by atoms with Crippen molar-refractivity contribution in [1.29, 1.82) is 0 Å². The summed E-state index contributed by atoms with van der Waals surface area (Å²) in [5.74, 6) is -1.04. The number of hydrogen-bond acceptors (Lipinski definition) is 5. The molecule has 0 aliphatic carbocycles. The minimum atomic E-state index is -0.576. The molecule has 0 aromatic heterocycles. The number of esters is 1. The number of carbonyl (C=O) groups excluding carboxylic acids is 1. The minimum absolute atomic E-state index is 0.0125. The van der Waals surface area contributed by atoms with Crippen LogP contribution in [0.5, 0.6) is 0 Å². The van der Waals surface area contributed by atoms with Gasteiger partial charge in [-0.25, -0.2) is 9.18 Å². The number of nitrogens with zero attached hydrogens (tertiary/aromatic N) is 1. The first-order valence-electron chi connectivity index (χ1n) is 6.47. The van der Waals surface area contributed by atoms with Crippen LogP contribution in [0.3, 0.4) is 0 Å². The van der Waals surface area contributed by atoms with Gasteiger partial charge in [0.15, 0.2) is 0 Å². The molecular formula is C14H19FN2O3. The molecule has 2 unspecified atom stereocenters.